The summed E-state index contributed by atoms with van der Waals surface area (Å²) in [4.78, 5) is 14.4. The Hall–Kier alpha value is -2.21. The van der Waals surface area contributed by atoms with E-state index in [0.717, 1.165) is 12.8 Å². The first kappa shape index (κ1) is 14.7. The summed E-state index contributed by atoms with van der Waals surface area (Å²) in [6.45, 7) is 2.62. The maximum Gasteiger partial charge on any atom is 0.274 e. The first-order valence-corrected chi connectivity index (χ1v) is 7.43. The maximum absolute atomic E-state index is 13.8. The Labute approximate surface area is 128 Å². The summed E-state index contributed by atoms with van der Waals surface area (Å²) in [6.07, 6.45) is 3.19. The lowest BCUT2D eigenvalue weighted by molar-refractivity contribution is 0.0612. The molecule has 22 heavy (non-hydrogen) atoms. The molecule has 2 aromatic rings. The molecule has 1 aromatic heterocycles. The number of hydrogen-bond donors (Lipinski definition) is 1. The number of likely N-dealkylation sites (tertiary alicyclic amines) is 1. The van der Waals surface area contributed by atoms with Crippen LogP contribution in [0.4, 0.5) is 4.39 Å². The third-order valence-electron chi connectivity index (χ3n) is 4.09. The Bertz CT molecular complexity index is 684. The second kappa shape index (κ2) is 5.88. The van der Waals surface area contributed by atoms with Crippen LogP contribution in [0.15, 0.2) is 36.5 Å². The van der Waals surface area contributed by atoms with Crippen LogP contribution in [0.1, 0.15) is 30.3 Å². The summed E-state index contributed by atoms with van der Waals surface area (Å²) in [5.41, 5.74) is 6.58. The fourth-order valence-electron chi connectivity index (χ4n) is 2.87. The van der Waals surface area contributed by atoms with Crippen molar-refractivity contribution in [1.29, 1.82) is 0 Å². The van der Waals surface area contributed by atoms with Crippen LogP contribution in [-0.4, -0.2) is 39.2 Å². The lowest BCUT2D eigenvalue weighted by atomic mass is 9.99. The Morgan fingerprint density at radius 2 is 2.14 bits per heavy atom. The summed E-state index contributed by atoms with van der Waals surface area (Å²) in [5.74, 6) is -0.503. The highest BCUT2D eigenvalue weighted by molar-refractivity contribution is 5.92. The van der Waals surface area contributed by atoms with Gasteiger partial charge in [0, 0.05) is 24.8 Å². The van der Waals surface area contributed by atoms with Gasteiger partial charge >= 0.3 is 0 Å². The molecule has 0 bridgehead atoms. The highest BCUT2D eigenvalue weighted by atomic mass is 19.1. The number of halogens is 1. The first-order chi connectivity index (χ1) is 10.6. The Kier molecular flexibility index (Phi) is 3.94. The van der Waals surface area contributed by atoms with E-state index >= 15 is 0 Å². The molecule has 1 fully saturated rings. The Balaban J connectivity index is 1.82. The molecule has 5 nitrogen and oxygen atoms in total. The monoisotopic (exact) mass is 302 g/mol. The molecule has 0 radical (unpaired) electrons. The van der Waals surface area contributed by atoms with E-state index in [9.17, 15) is 9.18 Å². The van der Waals surface area contributed by atoms with Crippen molar-refractivity contribution in [2.24, 2.45) is 5.73 Å². The van der Waals surface area contributed by atoms with E-state index in [1.165, 1.54) is 10.7 Å². The molecule has 6 heteroatoms. The molecular weight excluding hydrogens is 283 g/mol. The third-order valence-corrected chi connectivity index (χ3v) is 4.09. The molecule has 1 saturated heterocycles. The molecule has 1 aromatic carbocycles. The van der Waals surface area contributed by atoms with Crippen LogP contribution >= 0.6 is 0 Å². The van der Waals surface area contributed by atoms with Crippen molar-refractivity contribution in [3.63, 3.8) is 0 Å². The second-order valence-corrected chi connectivity index (χ2v) is 5.73. The quantitative estimate of drug-likeness (QED) is 0.922. The number of amides is 1. The molecular formula is C16H19FN4O. The molecule has 3 rings (SSSR count). The number of rotatable bonds is 2. The van der Waals surface area contributed by atoms with Gasteiger partial charge in [0.2, 0.25) is 0 Å². The average Bonchev–Trinajstić information content (AvgIpc) is 2.97. The van der Waals surface area contributed by atoms with Crippen molar-refractivity contribution in [1.82, 2.24) is 14.7 Å². The van der Waals surface area contributed by atoms with Gasteiger partial charge in [0.15, 0.2) is 5.69 Å². The highest BCUT2D eigenvalue weighted by Crippen LogP contribution is 2.19. The van der Waals surface area contributed by atoms with Crippen molar-refractivity contribution >= 4 is 5.91 Å². The normalized spacial score (nSPS) is 21.9. The predicted molar refractivity (Wildman–Crippen MR) is 81.2 cm³/mol. The van der Waals surface area contributed by atoms with Crippen LogP contribution in [-0.2, 0) is 0 Å². The largest absolute Gasteiger partial charge is 0.334 e. The van der Waals surface area contributed by atoms with E-state index in [2.05, 4.69) is 5.10 Å². The van der Waals surface area contributed by atoms with E-state index in [1.807, 2.05) is 6.92 Å². The van der Waals surface area contributed by atoms with E-state index in [1.54, 1.807) is 35.4 Å². The van der Waals surface area contributed by atoms with E-state index < -0.39 is 0 Å². The van der Waals surface area contributed by atoms with Crippen molar-refractivity contribution in [3.8, 4) is 5.69 Å². The first-order valence-electron chi connectivity index (χ1n) is 7.43. The van der Waals surface area contributed by atoms with Gasteiger partial charge in [-0.2, -0.15) is 5.10 Å². The fraction of sp³-hybridized carbons (Fsp3) is 0.375. The number of carbonyl (C=O) groups is 1. The van der Waals surface area contributed by atoms with Gasteiger partial charge in [0.1, 0.15) is 11.5 Å². The molecule has 1 aliphatic heterocycles. The minimum Gasteiger partial charge on any atom is -0.334 e. The van der Waals surface area contributed by atoms with Crippen LogP contribution in [0.25, 0.3) is 5.69 Å². The van der Waals surface area contributed by atoms with Crippen molar-refractivity contribution in [2.75, 3.05) is 6.54 Å². The number of hydrogen-bond acceptors (Lipinski definition) is 3. The molecule has 2 heterocycles. The van der Waals surface area contributed by atoms with E-state index in [0.29, 0.717) is 17.9 Å². The fourth-order valence-corrected chi connectivity index (χ4v) is 2.87. The molecule has 0 unspecified atom stereocenters. The molecule has 0 aliphatic carbocycles. The lowest BCUT2D eigenvalue weighted by Gasteiger charge is -2.35. The van der Waals surface area contributed by atoms with E-state index in [4.69, 9.17) is 5.73 Å². The molecule has 2 atom stereocenters. The zero-order valence-corrected chi connectivity index (χ0v) is 12.4. The number of nitrogens with two attached hydrogens (primary N) is 1. The van der Waals surface area contributed by atoms with Gasteiger partial charge < -0.3 is 10.6 Å². The van der Waals surface area contributed by atoms with Gasteiger partial charge in [-0.15, -0.1) is 0 Å². The molecule has 0 spiro atoms. The highest BCUT2D eigenvalue weighted by Gasteiger charge is 2.28. The smallest absolute Gasteiger partial charge is 0.274 e. The van der Waals surface area contributed by atoms with Crippen LogP contribution in [0.2, 0.25) is 0 Å². The number of benzene rings is 1. The topological polar surface area (TPSA) is 64.2 Å². The predicted octanol–water partition coefficient (Wildman–Crippen LogP) is 1.96. The number of piperidine rings is 1. The molecule has 116 valence electrons. The van der Waals surface area contributed by atoms with Crippen molar-refractivity contribution < 1.29 is 9.18 Å². The maximum atomic E-state index is 13.8. The third kappa shape index (κ3) is 2.74. The number of carbonyl (C=O) groups excluding carboxylic acids is 1. The van der Waals surface area contributed by atoms with Gasteiger partial charge in [-0.05, 0) is 38.0 Å². The lowest BCUT2D eigenvalue weighted by Crippen LogP contribution is -2.48. The van der Waals surface area contributed by atoms with Crippen LogP contribution in [0.3, 0.4) is 0 Å². The molecule has 1 amide bonds. The second-order valence-electron chi connectivity index (χ2n) is 5.73. The zero-order valence-electron chi connectivity index (χ0n) is 12.4. The summed E-state index contributed by atoms with van der Waals surface area (Å²) in [5, 5.41) is 4.22. The van der Waals surface area contributed by atoms with Gasteiger partial charge in [-0.3, -0.25) is 4.79 Å². The van der Waals surface area contributed by atoms with Gasteiger partial charge in [-0.25, -0.2) is 9.07 Å². The summed E-state index contributed by atoms with van der Waals surface area (Å²) >= 11 is 0. The van der Waals surface area contributed by atoms with Gasteiger partial charge in [0.05, 0.1) is 0 Å². The van der Waals surface area contributed by atoms with Gasteiger partial charge in [-0.1, -0.05) is 12.1 Å². The number of aromatic nitrogens is 2. The van der Waals surface area contributed by atoms with Crippen LogP contribution in [0, 0.1) is 5.82 Å². The molecule has 0 saturated carbocycles. The number of para-hydroxylation sites is 1. The summed E-state index contributed by atoms with van der Waals surface area (Å²) in [7, 11) is 0. The van der Waals surface area contributed by atoms with Gasteiger partial charge in [0.25, 0.3) is 5.91 Å². The average molecular weight is 302 g/mol. The Morgan fingerprint density at radius 1 is 1.36 bits per heavy atom. The van der Waals surface area contributed by atoms with Crippen molar-refractivity contribution in [3.05, 3.63) is 48.0 Å². The standard InChI is InChI=1S/C16H19FN4O/c1-11-10-12(18)6-8-20(11)16(22)14-7-9-21(19-14)15-5-3-2-4-13(15)17/h2-5,7,9,11-12H,6,8,10,18H2,1H3/t11-,12+/m1/s1. The minimum atomic E-state index is -0.373. The van der Waals surface area contributed by atoms with E-state index in [-0.39, 0.29) is 23.8 Å². The number of nitrogens with zero attached hydrogens (tertiary/aromatic N) is 3. The molecule has 2 N–H and O–H groups in total. The molecule has 1 aliphatic rings. The van der Waals surface area contributed by atoms with Crippen molar-refractivity contribution in [2.45, 2.75) is 31.8 Å². The SMILES string of the molecule is C[C@@H]1C[C@@H](N)CCN1C(=O)c1ccn(-c2ccccc2F)n1. The summed E-state index contributed by atoms with van der Waals surface area (Å²) < 4.78 is 15.2. The minimum absolute atomic E-state index is 0.0925. The summed E-state index contributed by atoms with van der Waals surface area (Å²) in [6, 6.07) is 8.20. The van der Waals surface area contributed by atoms with Crippen LogP contribution in [0.5, 0.6) is 0 Å². The Morgan fingerprint density at radius 3 is 2.86 bits per heavy atom. The van der Waals surface area contributed by atoms with Crippen LogP contribution < -0.4 is 5.73 Å². The zero-order chi connectivity index (χ0) is 15.7.